The molecule has 0 amide bonds. The van der Waals surface area contributed by atoms with E-state index in [0.29, 0.717) is 0 Å². The summed E-state index contributed by atoms with van der Waals surface area (Å²) in [5, 5.41) is 5.18. The van der Waals surface area contributed by atoms with E-state index in [-0.39, 0.29) is 12.1 Å². The van der Waals surface area contributed by atoms with Crippen molar-refractivity contribution in [2.75, 3.05) is 0 Å². The molecular weight excluding hydrogens is 289 g/mol. The average Bonchev–Trinajstić information content (AvgIpc) is 2.44. The lowest BCUT2D eigenvalue weighted by molar-refractivity contribution is 0.456. The molecule has 0 saturated heterocycles. The molecule has 2 unspecified atom stereocenters. The SMILES string of the molecule is CCC(NC(C)c1cccc(Cl)c1)c1cccc(Cl)c1. The molecule has 2 aromatic rings. The molecule has 20 heavy (non-hydrogen) atoms. The van der Waals surface area contributed by atoms with Gasteiger partial charge in [0.05, 0.1) is 0 Å². The number of hydrogen-bond donors (Lipinski definition) is 1. The van der Waals surface area contributed by atoms with E-state index in [2.05, 4.69) is 31.3 Å². The third-order valence-electron chi connectivity index (χ3n) is 3.46. The van der Waals surface area contributed by atoms with Crippen molar-refractivity contribution >= 4 is 23.2 Å². The Morgan fingerprint density at radius 2 is 1.50 bits per heavy atom. The Balaban J connectivity index is 2.14. The van der Waals surface area contributed by atoms with Crippen molar-refractivity contribution < 1.29 is 0 Å². The lowest BCUT2D eigenvalue weighted by atomic mass is 10.0. The van der Waals surface area contributed by atoms with Gasteiger partial charge in [0.15, 0.2) is 0 Å². The summed E-state index contributed by atoms with van der Waals surface area (Å²) in [6.07, 6.45) is 1.01. The van der Waals surface area contributed by atoms with Crippen LogP contribution >= 0.6 is 23.2 Å². The Morgan fingerprint density at radius 3 is 2.05 bits per heavy atom. The predicted molar refractivity (Wildman–Crippen MR) is 87.5 cm³/mol. The third-order valence-corrected chi connectivity index (χ3v) is 3.93. The fraction of sp³-hybridized carbons (Fsp3) is 0.294. The van der Waals surface area contributed by atoms with Crippen LogP contribution in [0.2, 0.25) is 10.0 Å². The summed E-state index contributed by atoms with van der Waals surface area (Å²) in [5.74, 6) is 0. The van der Waals surface area contributed by atoms with Gasteiger partial charge in [0.1, 0.15) is 0 Å². The highest BCUT2D eigenvalue weighted by Crippen LogP contribution is 2.25. The van der Waals surface area contributed by atoms with Crippen LogP contribution in [0.3, 0.4) is 0 Å². The van der Waals surface area contributed by atoms with Crippen molar-refractivity contribution in [3.8, 4) is 0 Å². The Morgan fingerprint density at radius 1 is 0.950 bits per heavy atom. The number of benzene rings is 2. The van der Waals surface area contributed by atoms with Gasteiger partial charge in [-0.15, -0.1) is 0 Å². The highest BCUT2D eigenvalue weighted by molar-refractivity contribution is 6.30. The fourth-order valence-electron chi connectivity index (χ4n) is 2.35. The van der Waals surface area contributed by atoms with Gasteiger partial charge in [0.25, 0.3) is 0 Å². The van der Waals surface area contributed by atoms with Crippen molar-refractivity contribution in [3.05, 3.63) is 69.7 Å². The van der Waals surface area contributed by atoms with Crippen LogP contribution in [-0.4, -0.2) is 0 Å². The molecule has 0 heterocycles. The molecule has 0 aliphatic carbocycles. The van der Waals surface area contributed by atoms with Crippen LogP contribution in [0.1, 0.15) is 43.5 Å². The maximum absolute atomic E-state index is 6.08. The first kappa shape index (κ1) is 15.4. The summed E-state index contributed by atoms with van der Waals surface area (Å²) in [6, 6.07) is 16.5. The zero-order chi connectivity index (χ0) is 14.5. The zero-order valence-electron chi connectivity index (χ0n) is 11.7. The third kappa shape index (κ3) is 3.99. The van der Waals surface area contributed by atoms with Crippen molar-refractivity contribution in [2.24, 2.45) is 0 Å². The molecule has 0 saturated carbocycles. The van der Waals surface area contributed by atoms with Crippen LogP contribution in [0.4, 0.5) is 0 Å². The maximum atomic E-state index is 6.08. The first-order valence-electron chi connectivity index (χ1n) is 6.87. The van der Waals surface area contributed by atoms with E-state index in [4.69, 9.17) is 23.2 Å². The van der Waals surface area contributed by atoms with Crippen LogP contribution in [-0.2, 0) is 0 Å². The zero-order valence-corrected chi connectivity index (χ0v) is 13.2. The minimum atomic E-state index is 0.234. The second-order valence-corrected chi connectivity index (χ2v) is 5.83. The van der Waals surface area contributed by atoms with Gasteiger partial charge < -0.3 is 5.32 Å². The van der Waals surface area contributed by atoms with E-state index in [9.17, 15) is 0 Å². The van der Waals surface area contributed by atoms with Gasteiger partial charge in [-0.3, -0.25) is 0 Å². The van der Waals surface area contributed by atoms with Gasteiger partial charge in [-0.2, -0.15) is 0 Å². The summed E-state index contributed by atoms with van der Waals surface area (Å²) >= 11 is 12.1. The largest absolute Gasteiger partial charge is 0.303 e. The topological polar surface area (TPSA) is 12.0 Å². The molecule has 0 spiro atoms. The Bertz CT molecular complexity index is 568. The second-order valence-electron chi connectivity index (χ2n) is 4.96. The first-order chi connectivity index (χ1) is 9.60. The molecule has 0 fully saturated rings. The van der Waals surface area contributed by atoms with Gasteiger partial charge >= 0.3 is 0 Å². The summed E-state index contributed by atoms with van der Waals surface area (Å²) in [7, 11) is 0. The van der Waals surface area contributed by atoms with Gasteiger partial charge in [-0.25, -0.2) is 0 Å². The van der Waals surface area contributed by atoms with E-state index >= 15 is 0 Å². The van der Waals surface area contributed by atoms with E-state index < -0.39 is 0 Å². The lowest BCUT2D eigenvalue weighted by Crippen LogP contribution is -2.24. The number of halogens is 2. The van der Waals surface area contributed by atoms with Gasteiger partial charge in [0.2, 0.25) is 0 Å². The van der Waals surface area contributed by atoms with Crippen LogP contribution in [0.5, 0.6) is 0 Å². The van der Waals surface area contributed by atoms with Crippen molar-refractivity contribution in [3.63, 3.8) is 0 Å². The van der Waals surface area contributed by atoms with Gasteiger partial charge in [0, 0.05) is 22.1 Å². The van der Waals surface area contributed by atoms with Gasteiger partial charge in [-0.1, -0.05) is 54.4 Å². The molecule has 1 N–H and O–H groups in total. The standard InChI is InChI=1S/C17H19Cl2N/c1-3-17(14-7-5-9-16(19)11-14)20-12(2)13-6-4-8-15(18)10-13/h4-12,17,20H,3H2,1-2H3. The monoisotopic (exact) mass is 307 g/mol. The summed E-state index contributed by atoms with van der Waals surface area (Å²) in [6.45, 7) is 4.32. The number of rotatable bonds is 5. The van der Waals surface area contributed by atoms with Crippen molar-refractivity contribution in [1.82, 2.24) is 5.32 Å². The first-order valence-corrected chi connectivity index (χ1v) is 7.62. The normalized spacial score (nSPS) is 14.0. The van der Waals surface area contributed by atoms with Crippen molar-refractivity contribution in [2.45, 2.75) is 32.4 Å². The maximum Gasteiger partial charge on any atom is 0.0409 e. The lowest BCUT2D eigenvalue weighted by Gasteiger charge is -2.23. The van der Waals surface area contributed by atoms with Crippen molar-refractivity contribution in [1.29, 1.82) is 0 Å². The molecule has 0 bridgehead atoms. The van der Waals surface area contributed by atoms with E-state index in [1.807, 2.05) is 36.4 Å². The molecular formula is C17H19Cl2N. The van der Waals surface area contributed by atoms with Gasteiger partial charge in [-0.05, 0) is 48.7 Å². The molecule has 0 aliphatic rings. The minimum Gasteiger partial charge on any atom is -0.303 e. The highest BCUT2D eigenvalue weighted by Gasteiger charge is 2.14. The minimum absolute atomic E-state index is 0.234. The molecule has 106 valence electrons. The summed E-state index contributed by atoms with van der Waals surface area (Å²) in [4.78, 5) is 0. The molecule has 2 aromatic carbocycles. The number of nitrogens with one attached hydrogen (secondary N) is 1. The quantitative estimate of drug-likeness (QED) is 0.736. The molecule has 0 radical (unpaired) electrons. The van der Waals surface area contributed by atoms with E-state index in [1.54, 1.807) is 0 Å². The Hall–Kier alpha value is -1.02. The average molecular weight is 308 g/mol. The van der Waals surface area contributed by atoms with E-state index in [1.165, 1.54) is 11.1 Å². The van der Waals surface area contributed by atoms with Crippen LogP contribution in [0.25, 0.3) is 0 Å². The fourth-order valence-corrected chi connectivity index (χ4v) is 2.74. The summed E-state index contributed by atoms with van der Waals surface area (Å²) in [5.41, 5.74) is 2.41. The molecule has 1 nitrogen and oxygen atoms in total. The Kier molecular flexibility index (Phi) is 5.47. The molecule has 0 aliphatic heterocycles. The number of hydrogen-bond acceptors (Lipinski definition) is 1. The molecule has 2 rings (SSSR count). The Labute approximate surface area is 130 Å². The molecule has 3 heteroatoms. The van der Waals surface area contributed by atoms with Crippen LogP contribution in [0.15, 0.2) is 48.5 Å². The van der Waals surface area contributed by atoms with Crippen LogP contribution in [0, 0.1) is 0 Å². The highest BCUT2D eigenvalue weighted by atomic mass is 35.5. The van der Waals surface area contributed by atoms with E-state index in [0.717, 1.165) is 16.5 Å². The predicted octanol–water partition coefficient (Wildman–Crippen LogP) is 5.80. The second kappa shape index (κ2) is 7.12. The smallest absolute Gasteiger partial charge is 0.0409 e. The summed E-state index contributed by atoms with van der Waals surface area (Å²) < 4.78 is 0. The molecule has 0 aromatic heterocycles. The van der Waals surface area contributed by atoms with Crippen LogP contribution < -0.4 is 5.32 Å². The molecule has 2 atom stereocenters.